The molecule has 0 atom stereocenters. The molecule has 0 fully saturated rings. The van der Waals surface area contributed by atoms with Crippen molar-refractivity contribution >= 4 is 21.4 Å². The molecule has 2 aromatic rings. The standard InChI is InChI=1S/C13H12N2O5S/c1-20-10-7-8-12(13(9-10)15(16)17)14-21(18,19)11-5-3-2-4-6-11/h2-9,14H,1H3. The van der Waals surface area contributed by atoms with E-state index in [4.69, 9.17) is 4.74 Å². The van der Waals surface area contributed by atoms with Crippen LogP contribution in [0.3, 0.4) is 0 Å². The molecule has 21 heavy (non-hydrogen) atoms. The second-order valence-electron chi connectivity index (χ2n) is 4.06. The van der Waals surface area contributed by atoms with Crippen LogP contribution in [-0.4, -0.2) is 20.5 Å². The van der Waals surface area contributed by atoms with Gasteiger partial charge < -0.3 is 4.74 Å². The number of hydrogen-bond acceptors (Lipinski definition) is 5. The fourth-order valence-corrected chi connectivity index (χ4v) is 2.77. The van der Waals surface area contributed by atoms with E-state index in [0.717, 1.165) is 6.07 Å². The smallest absolute Gasteiger partial charge is 0.297 e. The predicted octanol–water partition coefficient (Wildman–Crippen LogP) is 2.40. The van der Waals surface area contributed by atoms with Gasteiger partial charge in [-0.3, -0.25) is 14.8 Å². The van der Waals surface area contributed by atoms with Crippen LogP contribution in [0.4, 0.5) is 11.4 Å². The highest BCUT2D eigenvalue weighted by atomic mass is 32.2. The van der Waals surface area contributed by atoms with Gasteiger partial charge in [-0.1, -0.05) is 18.2 Å². The van der Waals surface area contributed by atoms with Gasteiger partial charge in [0, 0.05) is 0 Å². The lowest BCUT2D eigenvalue weighted by atomic mass is 10.2. The van der Waals surface area contributed by atoms with Crippen molar-refractivity contribution in [2.24, 2.45) is 0 Å². The Balaban J connectivity index is 2.42. The summed E-state index contributed by atoms with van der Waals surface area (Å²) in [6.45, 7) is 0. The third-order valence-corrected chi connectivity index (χ3v) is 4.08. The fourth-order valence-electron chi connectivity index (χ4n) is 1.68. The van der Waals surface area contributed by atoms with Crippen molar-refractivity contribution in [1.82, 2.24) is 0 Å². The van der Waals surface area contributed by atoms with Gasteiger partial charge in [0.1, 0.15) is 11.4 Å². The molecule has 110 valence electrons. The van der Waals surface area contributed by atoms with Gasteiger partial charge >= 0.3 is 0 Å². The number of anilines is 1. The van der Waals surface area contributed by atoms with E-state index in [0.29, 0.717) is 0 Å². The van der Waals surface area contributed by atoms with Crippen molar-refractivity contribution in [3.8, 4) is 5.75 Å². The van der Waals surface area contributed by atoms with Crippen LogP contribution >= 0.6 is 0 Å². The summed E-state index contributed by atoms with van der Waals surface area (Å²) < 4.78 is 31.4. The molecule has 0 heterocycles. The summed E-state index contributed by atoms with van der Waals surface area (Å²) >= 11 is 0. The number of sulfonamides is 1. The summed E-state index contributed by atoms with van der Waals surface area (Å²) in [6, 6.07) is 11.5. The van der Waals surface area contributed by atoms with E-state index in [1.54, 1.807) is 18.2 Å². The molecule has 0 bridgehead atoms. The van der Waals surface area contributed by atoms with E-state index in [1.807, 2.05) is 0 Å². The Morgan fingerprint density at radius 3 is 2.38 bits per heavy atom. The summed E-state index contributed by atoms with van der Waals surface area (Å²) in [4.78, 5) is 10.4. The minimum Gasteiger partial charge on any atom is -0.496 e. The molecule has 0 radical (unpaired) electrons. The van der Waals surface area contributed by atoms with Crippen LogP contribution in [0.2, 0.25) is 0 Å². The first-order chi connectivity index (χ1) is 9.94. The lowest BCUT2D eigenvalue weighted by Gasteiger charge is -2.09. The molecule has 0 spiro atoms. The van der Waals surface area contributed by atoms with E-state index in [-0.39, 0.29) is 22.0 Å². The zero-order chi connectivity index (χ0) is 15.5. The number of nitrogens with zero attached hydrogens (tertiary/aromatic N) is 1. The summed E-state index contributed by atoms with van der Waals surface area (Å²) in [5.74, 6) is 0.268. The zero-order valence-corrected chi connectivity index (χ0v) is 11.8. The van der Waals surface area contributed by atoms with Gasteiger partial charge in [-0.05, 0) is 24.3 Å². The highest BCUT2D eigenvalue weighted by molar-refractivity contribution is 7.92. The summed E-state index contributed by atoms with van der Waals surface area (Å²) in [7, 11) is -2.52. The third kappa shape index (κ3) is 3.29. The minimum atomic E-state index is -3.88. The normalized spacial score (nSPS) is 10.9. The lowest BCUT2D eigenvalue weighted by Crippen LogP contribution is -2.14. The first-order valence-electron chi connectivity index (χ1n) is 5.84. The molecule has 0 aliphatic carbocycles. The van der Waals surface area contributed by atoms with Crippen LogP contribution in [0.15, 0.2) is 53.4 Å². The van der Waals surface area contributed by atoms with Gasteiger partial charge in [0.25, 0.3) is 15.7 Å². The Kier molecular flexibility index (Phi) is 4.08. The Morgan fingerprint density at radius 1 is 1.14 bits per heavy atom. The predicted molar refractivity (Wildman–Crippen MR) is 76.9 cm³/mol. The van der Waals surface area contributed by atoms with Crippen molar-refractivity contribution in [3.05, 3.63) is 58.6 Å². The van der Waals surface area contributed by atoms with E-state index < -0.39 is 14.9 Å². The van der Waals surface area contributed by atoms with Gasteiger partial charge in [0.05, 0.1) is 23.0 Å². The number of rotatable bonds is 5. The lowest BCUT2D eigenvalue weighted by molar-refractivity contribution is -0.384. The summed E-state index contributed by atoms with van der Waals surface area (Å²) in [5.41, 5.74) is -0.501. The number of nitrogens with one attached hydrogen (secondary N) is 1. The molecule has 7 nitrogen and oxygen atoms in total. The maximum Gasteiger partial charge on any atom is 0.297 e. The second kappa shape index (κ2) is 5.80. The molecule has 0 unspecified atom stereocenters. The average molecular weight is 308 g/mol. The molecule has 0 saturated heterocycles. The number of benzene rings is 2. The van der Waals surface area contributed by atoms with E-state index in [2.05, 4.69) is 4.72 Å². The topological polar surface area (TPSA) is 98.5 Å². The molecule has 0 saturated carbocycles. The van der Waals surface area contributed by atoms with Crippen LogP contribution in [0.5, 0.6) is 5.75 Å². The van der Waals surface area contributed by atoms with Crippen LogP contribution in [0.25, 0.3) is 0 Å². The van der Waals surface area contributed by atoms with Gasteiger partial charge in [-0.15, -0.1) is 0 Å². The van der Waals surface area contributed by atoms with Crippen molar-refractivity contribution in [2.45, 2.75) is 4.90 Å². The molecule has 0 aliphatic heterocycles. The van der Waals surface area contributed by atoms with E-state index in [9.17, 15) is 18.5 Å². The molecule has 1 N–H and O–H groups in total. The Bertz CT molecular complexity index is 759. The summed E-state index contributed by atoms with van der Waals surface area (Å²) in [5, 5.41) is 11.0. The number of methoxy groups -OCH3 is 1. The fraction of sp³-hybridized carbons (Fsp3) is 0.0769. The van der Waals surface area contributed by atoms with Crippen LogP contribution in [-0.2, 0) is 10.0 Å². The Morgan fingerprint density at radius 2 is 1.81 bits per heavy atom. The molecule has 2 rings (SSSR count). The highest BCUT2D eigenvalue weighted by Gasteiger charge is 2.21. The van der Waals surface area contributed by atoms with Gasteiger partial charge in [-0.25, -0.2) is 8.42 Å². The maximum atomic E-state index is 12.2. The van der Waals surface area contributed by atoms with Crippen molar-refractivity contribution < 1.29 is 18.1 Å². The number of nitro groups is 1. The molecule has 0 aromatic heterocycles. The van der Waals surface area contributed by atoms with Gasteiger partial charge in [0.15, 0.2) is 0 Å². The average Bonchev–Trinajstić information content (AvgIpc) is 2.48. The monoisotopic (exact) mass is 308 g/mol. The van der Waals surface area contributed by atoms with Crippen molar-refractivity contribution in [3.63, 3.8) is 0 Å². The van der Waals surface area contributed by atoms with Crippen molar-refractivity contribution in [2.75, 3.05) is 11.8 Å². The van der Waals surface area contributed by atoms with E-state index in [1.165, 1.54) is 31.4 Å². The molecular weight excluding hydrogens is 296 g/mol. The zero-order valence-electron chi connectivity index (χ0n) is 11.0. The third-order valence-electron chi connectivity index (χ3n) is 2.70. The number of nitro benzene ring substituents is 1. The number of hydrogen-bond donors (Lipinski definition) is 1. The molecule has 8 heteroatoms. The largest absolute Gasteiger partial charge is 0.496 e. The second-order valence-corrected chi connectivity index (χ2v) is 5.74. The Hall–Kier alpha value is -2.61. The molecular formula is C13H12N2O5S. The van der Waals surface area contributed by atoms with Crippen LogP contribution in [0.1, 0.15) is 0 Å². The van der Waals surface area contributed by atoms with Crippen LogP contribution in [0, 0.1) is 10.1 Å². The minimum absolute atomic E-state index is 0.0233. The number of ether oxygens (including phenoxy) is 1. The molecule has 2 aromatic carbocycles. The van der Waals surface area contributed by atoms with Gasteiger partial charge in [0.2, 0.25) is 0 Å². The van der Waals surface area contributed by atoms with Crippen LogP contribution < -0.4 is 9.46 Å². The van der Waals surface area contributed by atoms with E-state index >= 15 is 0 Å². The highest BCUT2D eigenvalue weighted by Crippen LogP contribution is 2.30. The first kappa shape index (κ1) is 14.8. The SMILES string of the molecule is COc1ccc(NS(=O)(=O)c2ccccc2)c([N+](=O)[O-])c1. The first-order valence-corrected chi connectivity index (χ1v) is 7.32. The van der Waals surface area contributed by atoms with Gasteiger partial charge in [-0.2, -0.15) is 0 Å². The molecule has 0 aliphatic rings. The van der Waals surface area contributed by atoms with Crippen molar-refractivity contribution in [1.29, 1.82) is 0 Å². The Labute approximate surface area is 121 Å². The maximum absolute atomic E-state index is 12.2. The quantitative estimate of drug-likeness (QED) is 0.675. The summed E-state index contributed by atoms with van der Waals surface area (Å²) in [6.07, 6.45) is 0. The molecule has 0 amide bonds.